The van der Waals surface area contributed by atoms with E-state index >= 15 is 0 Å². The van der Waals surface area contributed by atoms with Crippen LogP contribution in [0.4, 0.5) is 0 Å². The number of nitrogens with one attached hydrogen (secondary N) is 2. The molecule has 0 radical (unpaired) electrons. The molecule has 0 aliphatic heterocycles. The van der Waals surface area contributed by atoms with E-state index in [1.807, 2.05) is 43.3 Å². The first-order valence-corrected chi connectivity index (χ1v) is 10.4. The molecular formula is C17H16ClI2N3OS. The summed E-state index contributed by atoms with van der Waals surface area (Å²) < 4.78 is 7.99. The van der Waals surface area contributed by atoms with Gasteiger partial charge in [0.25, 0.3) is 0 Å². The molecule has 0 aliphatic carbocycles. The number of hydrogen-bond acceptors (Lipinski definition) is 3. The normalized spacial score (nSPS) is 10.7. The number of ether oxygens (including phenoxy) is 1. The molecule has 8 heteroatoms. The van der Waals surface area contributed by atoms with Gasteiger partial charge in [0.05, 0.1) is 13.4 Å². The Morgan fingerprint density at radius 3 is 2.60 bits per heavy atom. The lowest BCUT2D eigenvalue weighted by Crippen LogP contribution is -2.31. The highest BCUT2D eigenvalue weighted by Gasteiger charge is 2.09. The molecule has 4 nitrogen and oxygen atoms in total. The van der Waals surface area contributed by atoms with Gasteiger partial charge in [-0.05, 0) is 88.1 Å². The molecular weight excluding hydrogens is 584 g/mol. The number of benzene rings is 2. The van der Waals surface area contributed by atoms with Crippen LogP contribution in [0.1, 0.15) is 18.1 Å². The van der Waals surface area contributed by atoms with Gasteiger partial charge in [0, 0.05) is 17.1 Å². The summed E-state index contributed by atoms with van der Waals surface area (Å²) in [5.41, 5.74) is 4.70. The zero-order valence-corrected chi connectivity index (χ0v) is 19.2. The highest BCUT2D eigenvalue weighted by atomic mass is 127. The smallest absolute Gasteiger partial charge is 0.186 e. The third-order valence-electron chi connectivity index (χ3n) is 3.07. The van der Waals surface area contributed by atoms with E-state index in [0.29, 0.717) is 16.7 Å². The van der Waals surface area contributed by atoms with Crippen molar-refractivity contribution in [1.82, 2.24) is 10.7 Å². The molecule has 0 amide bonds. The third kappa shape index (κ3) is 6.54. The van der Waals surface area contributed by atoms with E-state index in [4.69, 9.17) is 28.6 Å². The van der Waals surface area contributed by atoms with Crippen molar-refractivity contribution in [2.75, 3.05) is 6.54 Å². The topological polar surface area (TPSA) is 45.7 Å². The van der Waals surface area contributed by atoms with Crippen LogP contribution in [0.5, 0.6) is 5.75 Å². The molecule has 0 atom stereocenters. The van der Waals surface area contributed by atoms with Crippen molar-refractivity contribution in [2.24, 2.45) is 5.10 Å². The fourth-order valence-electron chi connectivity index (χ4n) is 1.92. The Morgan fingerprint density at radius 1 is 1.28 bits per heavy atom. The van der Waals surface area contributed by atoms with Crippen LogP contribution in [0.2, 0.25) is 5.02 Å². The van der Waals surface area contributed by atoms with E-state index in [2.05, 4.69) is 61.0 Å². The zero-order valence-electron chi connectivity index (χ0n) is 13.4. The summed E-state index contributed by atoms with van der Waals surface area (Å²) in [5.74, 6) is 0.842. The van der Waals surface area contributed by atoms with E-state index in [-0.39, 0.29) is 0 Å². The number of hydrazone groups is 1. The molecule has 0 spiro atoms. The van der Waals surface area contributed by atoms with Gasteiger partial charge in [0.15, 0.2) is 5.11 Å². The van der Waals surface area contributed by atoms with Crippen molar-refractivity contribution in [3.8, 4) is 5.75 Å². The van der Waals surface area contributed by atoms with Crippen LogP contribution in [-0.4, -0.2) is 17.9 Å². The Hall–Kier alpha value is -0.650. The van der Waals surface area contributed by atoms with E-state index in [9.17, 15) is 0 Å². The zero-order chi connectivity index (χ0) is 18.2. The lowest BCUT2D eigenvalue weighted by Gasteiger charge is -2.12. The van der Waals surface area contributed by atoms with Crippen molar-refractivity contribution in [3.63, 3.8) is 0 Å². The van der Waals surface area contributed by atoms with Gasteiger partial charge in [-0.1, -0.05) is 29.8 Å². The molecule has 2 N–H and O–H groups in total. The Bertz CT molecular complexity index is 763. The summed E-state index contributed by atoms with van der Waals surface area (Å²) in [6.45, 7) is 3.16. The summed E-state index contributed by atoms with van der Waals surface area (Å²) in [6.07, 6.45) is 1.73. The average molecular weight is 600 g/mol. The maximum absolute atomic E-state index is 6.18. The summed E-state index contributed by atoms with van der Waals surface area (Å²) in [4.78, 5) is 0. The minimum absolute atomic E-state index is 0.428. The van der Waals surface area contributed by atoms with Gasteiger partial charge in [-0.2, -0.15) is 5.10 Å². The molecule has 0 fully saturated rings. The molecule has 0 unspecified atom stereocenters. The minimum atomic E-state index is 0.428. The van der Waals surface area contributed by atoms with Crippen molar-refractivity contribution >= 4 is 80.3 Å². The molecule has 2 rings (SSSR count). The Labute approximate surface area is 185 Å². The van der Waals surface area contributed by atoms with Crippen molar-refractivity contribution in [2.45, 2.75) is 13.5 Å². The minimum Gasteiger partial charge on any atom is -0.487 e. The van der Waals surface area contributed by atoms with Gasteiger partial charge < -0.3 is 10.1 Å². The molecule has 2 aromatic rings. The van der Waals surface area contributed by atoms with Crippen LogP contribution < -0.4 is 15.5 Å². The second-order valence-electron chi connectivity index (χ2n) is 4.92. The van der Waals surface area contributed by atoms with Crippen LogP contribution in [0, 0.1) is 7.14 Å². The van der Waals surface area contributed by atoms with Crippen molar-refractivity contribution < 1.29 is 4.74 Å². The second kappa shape index (κ2) is 10.5. The molecule has 0 aromatic heterocycles. The standard InChI is InChI=1S/C17H16ClI2N3OS/c1-2-21-17(25)23-22-9-11-7-14(19)16(15(20)8-11)24-10-12-5-3-4-6-13(12)18/h3-9H,2,10H2,1H3,(H2,21,23,25)/b22-9-. The lowest BCUT2D eigenvalue weighted by molar-refractivity contribution is 0.302. The van der Waals surface area contributed by atoms with Gasteiger partial charge in [-0.25, -0.2) is 0 Å². The molecule has 0 heterocycles. The first-order chi connectivity index (χ1) is 12.0. The highest BCUT2D eigenvalue weighted by Crippen LogP contribution is 2.30. The van der Waals surface area contributed by atoms with Crippen LogP contribution >= 0.6 is 69.0 Å². The molecule has 132 valence electrons. The number of halogens is 3. The van der Waals surface area contributed by atoms with Gasteiger partial charge in [-0.3, -0.25) is 5.43 Å². The predicted molar refractivity (Wildman–Crippen MR) is 125 cm³/mol. The van der Waals surface area contributed by atoms with Crippen LogP contribution in [0.3, 0.4) is 0 Å². The molecule has 25 heavy (non-hydrogen) atoms. The highest BCUT2D eigenvalue weighted by molar-refractivity contribution is 14.1. The fourth-order valence-corrected chi connectivity index (χ4v) is 4.44. The van der Waals surface area contributed by atoms with Gasteiger partial charge >= 0.3 is 0 Å². The Kier molecular flexibility index (Phi) is 8.67. The quantitative estimate of drug-likeness (QED) is 0.214. The largest absolute Gasteiger partial charge is 0.487 e. The maximum Gasteiger partial charge on any atom is 0.186 e. The van der Waals surface area contributed by atoms with Crippen molar-refractivity contribution in [1.29, 1.82) is 0 Å². The van der Waals surface area contributed by atoms with Crippen molar-refractivity contribution in [3.05, 3.63) is 59.7 Å². The van der Waals surface area contributed by atoms with Gasteiger partial charge in [0.1, 0.15) is 12.4 Å². The monoisotopic (exact) mass is 599 g/mol. The van der Waals surface area contributed by atoms with E-state index < -0.39 is 0 Å². The first-order valence-electron chi connectivity index (χ1n) is 7.43. The van der Waals surface area contributed by atoms with E-state index in [0.717, 1.165) is 30.6 Å². The van der Waals surface area contributed by atoms with Crippen LogP contribution in [-0.2, 0) is 6.61 Å². The Morgan fingerprint density at radius 2 is 1.96 bits per heavy atom. The molecule has 0 aliphatic rings. The summed E-state index contributed by atoms with van der Waals surface area (Å²) in [7, 11) is 0. The maximum atomic E-state index is 6.18. The Balaban J connectivity index is 2.05. The molecule has 0 saturated heterocycles. The fraction of sp³-hybridized carbons (Fsp3) is 0.176. The SMILES string of the molecule is CCNC(=S)N/N=C\c1cc(I)c(OCc2ccccc2Cl)c(I)c1. The number of rotatable bonds is 6. The van der Waals surface area contributed by atoms with E-state index in [1.54, 1.807) is 6.21 Å². The first kappa shape index (κ1) is 20.7. The van der Waals surface area contributed by atoms with Gasteiger partial charge in [-0.15, -0.1) is 0 Å². The average Bonchev–Trinajstić information content (AvgIpc) is 2.56. The summed E-state index contributed by atoms with van der Waals surface area (Å²) in [6, 6.07) is 11.7. The lowest BCUT2D eigenvalue weighted by atomic mass is 10.2. The third-order valence-corrected chi connectivity index (χ3v) is 5.27. The molecule has 0 bridgehead atoms. The van der Waals surface area contributed by atoms with Crippen LogP contribution in [0.25, 0.3) is 0 Å². The number of nitrogens with zero attached hydrogens (tertiary/aromatic N) is 1. The molecule has 0 saturated carbocycles. The number of hydrogen-bond donors (Lipinski definition) is 2. The van der Waals surface area contributed by atoms with E-state index in [1.165, 1.54) is 0 Å². The van der Waals surface area contributed by atoms with Crippen LogP contribution in [0.15, 0.2) is 41.5 Å². The summed E-state index contributed by atoms with van der Waals surface area (Å²) in [5, 5.41) is 8.32. The predicted octanol–water partition coefficient (Wildman–Crippen LogP) is 4.95. The summed E-state index contributed by atoms with van der Waals surface area (Å²) >= 11 is 15.8. The van der Waals surface area contributed by atoms with Gasteiger partial charge in [0.2, 0.25) is 0 Å². The molecule has 2 aromatic carbocycles. The number of thiocarbonyl (C=S) groups is 1. The second-order valence-corrected chi connectivity index (χ2v) is 8.06.